The molecule has 0 amide bonds. The zero-order valence-corrected chi connectivity index (χ0v) is 12.4. The van der Waals surface area contributed by atoms with Gasteiger partial charge in [0.2, 0.25) is 0 Å². The molecule has 1 fully saturated rings. The Hall–Kier alpha value is -0.580. The minimum Gasteiger partial charge on any atom is -0.508 e. The van der Waals surface area contributed by atoms with E-state index in [-0.39, 0.29) is 6.04 Å². The van der Waals surface area contributed by atoms with Gasteiger partial charge in [-0.1, -0.05) is 22.9 Å². The van der Waals surface area contributed by atoms with Crippen molar-refractivity contribution in [3.8, 4) is 5.75 Å². The number of nitrogens with two attached hydrogens (primary N) is 1. The lowest BCUT2D eigenvalue weighted by atomic mass is 10.0. The maximum Gasteiger partial charge on any atom is 0.120 e. The summed E-state index contributed by atoms with van der Waals surface area (Å²) in [4.78, 5) is 2.45. The summed E-state index contributed by atoms with van der Waals surface area (Å²) in [6.07, 6.45) is 3.36. The molecule has 4 heteroatoms. The van der Waals surface area contributed by atoms with E-state index >= 15 is 0 Å². The molecule has 1 aromatic carbocycles. The molecule has 0 spiro atoms. The van der Waals surface area contributed by atoms with Crippen LogP contribution in [0, 0.1) is 0 Å². The average Bonchev–Trinajstić information content (AvgIpc) is 2.83. The zero-order chi connectivity index (χ0) is 13.1. The Kier molecular flexibility index (Phi) is 4.65. The zero-order valence-electron chi connectivity index (χ0n) is 10.8. The summed E-state index contributed by atoms with van der Waals surface area (Å²) in [5, 5.41) is 10.1. The fourth-order valence-corrected chi connectivity index (χ4v) is 3.33. The first kappa shape index (κ1) is 13.8. The summed E-state index contributed by atoms with van der Waals surface area (Å²) in [7, 11) is 0. The predicted octanol–water partition coefficient (Wildman–Crippen LogP) is 3.03. The van der Waals surface area contributed by atoms with Crippen LogP contribution in [0.3, 0.4) is 0 Å². The molecule has 1 heterocycles. The molecular weight excluding hydrogens is 292 g/mol. The number of benzene rings is 1. The number of aromatic hydroxyl groups is 1. The summed E-state index contributed by atoms with van der Waals surface area (Å²) >= 11 is 3.48. The van der Waals surface area contributed by atoms with Crippen LogP contribution in [-0.2, 0) is 0 Å². The fourth-order valence-electron chi connectivity index (χ4n) is 2.95. The lowest BCUT2D eigenvalue weighted by molar-refractivity contribution is 0.176. The Bertz CT molecular complexity index is 411. The number of phenols is 1. The van der Waals surface area contributed by atoms with Crippen molar-refractivity contribution in [1.82, 2.24) is 4.90 Å². The van der Waals surface area contributed by atoms with E-state index < -0.39 is 0 Å². The minimum absolute atomic E-state index is 0.263. The van der Waals surface area contributed by atoms with Crippen molar-refractivity contribution in [2.24, 2.45) is 5.73 Å². The number of halogens is 1. The van der Waals surface area contributed by atoms with Gasteiger partial charge in [-0.15, -0.1) is 0 Å². The van der Waals surface area contributed by atoms with Crippen molar-refractivity contribution < 1.29 is 5.11 Å². The monoisotopic (exact) mass is 312 g/mol. The lowest BCUT2D eigenvalue weighted by Gasteiger charge is -2.32. The number of hydrogen-bond donors (Lipinski definition) is 2. The van der Waals surface area contributed by atoms with E-state index in [4.69, 9.17) is 5.73 Å². The van der Waals surface area contributed by atoms with Gasteiger partial charge in [-0.25, -0.2) is 0 Å². The average molecular weight is 313 g/mol. The second-order valence-electron chi connectivity index (χ2n) is 4.90. The molecule has 2 unspecified atom stereocenters. The van der Waals surface area contributed by atoms with Crippen molar-refractivity contribution in [3.63, 3.8) is 0 Å². The van der Waals surface area contributed by atoms with Crippen LogP contribution in [0.4, 0.5) is 0 Å². The van der Waals surface area contributed by atoms with Crippen molar-refractivity contribution in [2.45, 2.75) is 38.3 Å². The molecule has 3 N–H and O–H groups in total. The molecule has 0 saturated carbocycles. The molecule has 1 aliphatic rings. The highest BCUT2D eigenvalue weighted by atomic mass is 79.9. The third-order valence-electron chi connectivity index (χ3n) is 3.83. The number of nitrogens with zero attached hydrogens (tertiary/aromatic N) is 1. The van der Waals surface area contributed by atoms with Crippen LogP contribution in [-0.4, -0.2) is 29.1 Å². The van der Waals surface area contributed by atoms with Crippen molar-refractivity contribution in [2.75, 3.05) is 13.1 Å². The Morgan fingerprint density at radius 2 is 2.33 bits per heavy atom. The molecule has 18 heavy (non-hydrogen) atoms. The first-order chi connectivity index (χ1) is 8.67. The van der Waals surface area contributed by atoms with E-state index in [1.807, 2.05) is 12.1 Å². The highest BCUT2D eigenvalue weighted by Gasteiger charge is 2.30. The first-order valence-corrected chi connectivity index (χ1v) is 7.41. The van der Waals surface area contributed by atoms with Gasteiger partial charge in [0.15, 0.2) is 0 Å². The van der Waals surface area contributed by atoms with Crippen molar-refractivity contribution in [3.05, 3.63) is 28.2 Å². The third kappa shape index (κ3) is 2.71. The van der Waals surface area contributed by atoms with Gasteiger partial charge in [0.25, 0.3) is 0 Å². The van der Waals surface area contributed by atoms with Crippen LogP contribution in [0.15, 0.2) is 22.7 Å². The van der Waals surface area contributed by atoms with Gasteiger partial charge in [-0.3, -0.25) is 4.90 Å². The van der Waals surface area contributed by atoms with Gasteiger partial charge >= 0.3 is 0 Å². The molecule has 1 saturated heterocycles. The summed E-state index contributed by atoms with van der Waals surface area (Å²) in [6, 6.07) is 6.37. The normalized spacial score (nSPS) is 22.3. The second kappa shape index (κ2) is 6.04. The van der Waals surface area contributed by atoms with E-state index in [2.05, 4.69) is 27.8 Å². The smallest absolute Gasteiger partial charge is 0.120 e. The molecule has 1 aliphatic heterocycles. The predicted molar refractivity (Wildman–Crippen MR) is 77.6 cm³/mol. The molecule has 0 radical (unpaired) electrons. The quantitative estimate of drug-likeness (QED) is 0.898. The summed E-state index contributed by atoms with van der Waals surface area (Å²) in [6.45, 7) is 3.94. The standard InChI is InChI=1S/C14H21BrN2O/c1-2-13(17-7-3-4-11(17)9-16)12-8-10(15)5-6-14(12)18/h5-6,8,11,13,18H,2-4,7,9,16H2,1H3. The Morgan fingerprint density at radius 3 is 3.00 bits per heavy atom. The van der Waals surface area contributed by atoms with Gasteiger partial charge < -0.3 is 10.8 Å². The summed E-state index contributed by atoms with van der Waals surface area (Å²) < 4.78 is 1.01. The minimum atomic E-state index is 0.263. The number of phenolic OH excluding ortho intramolecular Hbond substituents is 1. The van der Waals surface area contributed by atoms with E-state index in [0.717, 1.165) is 23.0 Å². The second-order valence-corrected chi connectivity index (χ2v) is 5.81. The molecule has 1 aromatic rings. The third-order valence-corrected chi connectivity index (χ3v) is 4.32. The van der Waals surface area contributed by atoms with E-state index in [9.17, 15) is 5.11 Å². The Morgan fingerprint density at radius 1 is 1.56 bits per heavy atom. The maximum atomic E-state index is 10.1. The summed E-state index contributed by atoms with van der Waals surface area (Å²) in [5.74, 6) is 0.382. The molecule has 100 valence electrons. The molecule has 0 aliphatic carbocycles. The van der Waals surface area contributed by atoms with Crippen LogP contribution in [0.5, 0.6) is 5.75 Å². The molecule has 0 bridgehead atoms. The number of likely N-dealkylation sites (tertiary alicyclic amines) is 1. The highest BCUT2D eigenvalue weighted by Crippen LogP contribution is 2.36. The van der Waals surface area contributed by atoms with Crippen LogP contribution >= 0.6 is 15.9 Å². The highest BCUT2D eigenvalue weighted by molar-refractivity contribution is 9.10. The molecule has 2 atom stereocenters. The number of rotatable bonds is 4. The molecule has 2 rings (SSSR count). The largest absolute Gasteiger partial charge is 0.508 e. The SMILES string of the molecule is CCC(c1cc(Br)ccc1O)N1CCCC1CN. The maximum absolute atomic E-state index is 10.1. The first-order valence-electron chi connectivity index (χ1n) is 6.61. The molecule has 3 nitrogen and oxygen atoms in total. The van der Waals surface area contributed by atoms with Crippen molar-refractivity contribution >= 4 is 15.9 Å². The van der Waals surface area contributed by atoms with E-state index in [1.54, 1.807) is 6.07 Å². The van der Waals surface area contributed by atoms with Crippen LogP contribution in [0.25, 0.3) is 0 Å². The van der Waals surface area contributed by atoms with Gasteiger partial charge in [0, 0.05) is 28.7 Å². The van der Waals surface area contributed by atoms with Crippen molar-refractivity contribution in [1.29, 1.82) is 0 Å². The van der Waals surface area contributed by atoms with Crippen LogP contribution in [0.1, 0.15) is 37.8 Å². The lowest BCUT2D eigenvalue weighted by Crippen LogP contribution is -2.38. The number of hydrogen-bond acceptors (Lipinski definition) is 3. The Balaban J connectivity index is 2.30. The topological polar surface area (TPSA) is 49.5 Å². The van der Waals surface area contributed by atoms with E-state index in [0.29, 0.717) is 18.3 Å². The summed E-state index contributed by atoms with van der Waals surface area (Å²) in [5.41, 5.74) is 6.86. The van der Waals surface area contributed by atoms with Crippen LogP contribution in [0.2, 0.25) is 0 Å². The van der Waals surface area contributed by atoms with Gasteiger partial charge in [-0.05, 0) is 44.0 Å². The van der Waals surface area contributed by atoms with Gasteiger partial charge in [0.1, 0.15) is 5.75 Å². The van der Waals surface area contributed by atoms with E-state index in [1.165, 1.54) is 12.8 Å². The van der Waals surface area contributed by atoms with Gasteiger partial charge in [0.05, 0.1) is 0 Å². The fraction of sp³-hybridized carbons (Fsp3) is 0.571. The molecular formula is C14H21BrN2O. The van der Waals surface area contributed by atoms with Crippen LogP contribution < -0.4 is 5.73 Å². The van der Waals surface area contributed by atoms with Gasteiger partial charge in [-0.2, -0.15) is 0 Å². The Labute approximate surface area is 117 Å². The molecule has 0 aromatic heterocycles.